The van der Waals surface area contributed by atoms with E-state index in [2.05, 4.69) is 40.5 Å². The lowest BCUT2D eigenvalue weighted by atomic mass is 10.1. The summed E-state index contributed by atoms with van der Waals surface area (Å²) in [6.45, 7) is 6.96. The lowest BCUT2D eigenvalue weighted by Gasteiger charge is -2.17. The molecule has 1 amide bonds. The fourth-order valence-corrected chi connectivity index (χ4v) is 3.31. The molecule has 0 aromatic heterocycles. The van der Waals surface area contributed by atoms with Crippen LogP contribution in [0.25, 0.3) is 0 Å². The van der Waals surface area contributed by atoms with E-state index in [0.717, 1.165) is 37.4 Å². The second-order valence-electron chi connectivity index (χ2n) is 6.83. The normalized spacial score (nSPS) is 17.4. The first kappa shape index (κ1) is 17.5. The Hall–Kier alpha value is -2.33. The molecule has 1 aliphatic rings. The van der Waals surface area contributed by atoms with Crippen molar-refractivity contribution in [2.75, 3.05) is 19.7 Å². The predicted molar refractivity (Wildman–Crippen MR) is 99.7 cm³/mol. The van der Waals surface area contributed by atoms with Crippen molar-refractivity contribution in [3.63, 3.8) is 0 Å². The smallest absolute Gasteiger partial charge is 0.258 e. The van der Waals surface area contributed by atoms with Crippen molar-refractivity contribution >= 4 is 5.91 Å². The van der Waals surface area contributed by atoms with Crippen LogP contribution in [0.15, 0.2) is 48.5 Å². The molecule has 25 heavy (non-hydrogen) atoms. The Kier molecular flexibility index (Phi) is 5.71. The van der Waals surface area contributed by atoms with Gasteiger partial charge in [0.15, 0.2) is 6.61 Å². The maximum absolute atomic E-state index is 12.2. The average molecular weight is 338 g/mol. The highest BCUT2D eigenvalue weighted by Gasteiger charge is 2.23. The van der Waals surface area contributed by atoms with Gasteiger partial charge < -0.3 is 10.1 Å². The molecule has 0 radical (unpaired) electrons. The molecule has 4 nitrogen and oxygen atoms in total. The summed E-state index contributed by atoms with van der Waals surface area (Å²) in [4.78, 5) is 14.5. The summed E-state index contributed by atoms with van der Waals surface area (Å²) >= 11 is 0. The van der Waals surface area contributed by atoms with Gasteiger partial charge in [-0.05, 0) is 37.5 Å². The van der Waals surface area contributed by atoms with E-state index in [1.54, 1.807) is 0 Å². The first-order valence-corrected chi connectivity index (χ1v) is 8.86. The van der Waals surface area contributed by atoms with Crippen LogP contribution in [-0.4, -0.2) is 36.5 Å². The molecular weight excluding hydrogens is 312 g/mol. The van der Waals surface area contributed by atoms with E-state index >= 15 is 0 Å². The van der Waals surface area contributed by atoms with Crippen LogP contribution in [-0.2, 0) is 11.3 Å². The molecule has 1 heterocycles. The molecule has 0 spiro atoms. The molecule has 0 aliphatic carbocycles. The Morgan fingerprint density at radius 3 is 2.76 bits per heavy atom. The minimum atomic E-state index is -0.0495. The summed E-state index contributed by atoms with van der Waals surface area (Å²) in [5.74, 6) is 0.726. The Labute approximate surface area is 149 Å². The van der Waals surface area contributed by atoms with Gasteiger partial charge in [0, 0.05) is 25.7 Å². The van der Waals surface area contributed by atoms with E-state index < -0.39 is 0 Å². The van der Waals surface area contributed by atoms with Crippen LogP contribution < -0.4 is 10.1 Å². The highest BCUT2D eigenvalue weighted by molar-refractivity contribution is 5.78. The van der Waals surface area contributed by atoms with Crippen molar-refractivity contribution in [3.8, 4) is 5.75 Å². The standard InChI is InChI=1S/C21H26N2O2/c1-16-8-9-20(17(2)12-16)25-15-21(24)22-19-10-11-23(14-19)13-18-6-4-3-5-7-18/h3-9,12,19H,10-11,13-15H2,1-2H3,(H,22,24). The Morgan fingerprint density at radius 1 is 1.20 bits per heavy atom. The van der Waals surface area contributed by atoms with Gasteiger partial charge in [-0.2, -0.15) is 0 Å². The lowest BCUT2D eigenvalue weighted by molar-refractivity contribution is -0.123. The molecule has 1 saturated heterocycles. The number of aryl methyl sites for hydroxylation is 2. The molecular formula is C21H26N2O2. The minimum Gasteiger partial charge on any atom is -0.484 e. The van der Waals surface area contributed by atoms with Gasteiger partial charge in [0.05, 0.1) is 0 Å². The van der Waals surface area contributed by atoms with Crippen molar-refractivity contribution < 1.29 is 9.53 Å². The number of amides is 1. The third-order valence-corrected chi connectivity index (χ3v) is 4.58. The second-order valence-corrected chi connectivity index (χ2v) is 6.83. The van der Waals surface area contributed by atoms with Gasteiger partial charge in [0.25, 0.3) is 5.91 Å². The van der Waals surface area contributed by atoms with E-state index in [9.17, 15) is 4.79 Å². The number of hydrogen-bond donors (Lipinski definition) is 1. The van der Waals surface area contributed by atoms with Crippen LogP contribution in [0.4, 0.5) is 0 Å². The number of hydrogen-bond acceptors (Lipinski definition) is 3. The van der Waals surface area contributed by atoms with Gasteiger partial charge in [-0.1, -0.05) is 48.0 Å². The van der Waals surface area contributed by atoms with E-state index in [0.29, 0.717) is 0 Å². The zero-order valence-corrected chi connectivity index (χ0v) is 15.0. The van der Waals surface area contributed by atoms with Crippen LogP contribution in [0.1, 0.15) is 23.1 Å². The van der Waals surface area contributed by atoms with Gasteiger partial charge in [-0.3, -0.25) is 9.69 Å². The van der Waals surface area contributed by atoms with Crippen molar-refractivity contribution in [2.24, 2.45) is 0 Å². The molecule has 2 aromatic rings. The van der Waals surface area contributed by atoms with Crippen LogP contribution in [0, 0.1) is 13.8 Å². The fourth-order valence-electron chi connectivity index (χ4n) is 3.31. The summed E-state index contributed by atoms with van der Waals surface area (Å²) in [5, 5.41) is 3.09. The largest absolute Gasteiger partial charge is 0.484 e. The summed E-state index contributed by atoms with van der Waals surface area (Å²) in [5.41, 5.74) is 3.56. The lowest BCUT2D eigenvalue weighted by Crippen LogP contribution is -2.39. The topological polar surface area (TPSA) is 41.6 Å². The SMILES string of the molecule is Cc1ccc(OCC(=O)NC2CCN(Cc3ccccc3)C2)c(C)c1. The van der Waals surface area contributed by atoms with Crippen molar-refractivity contribution in [3.05, 3.63) is 65.2 Å². The number of rotatable bonds is 6. The Balaban J connectivity index is 1.43. The highest BCUT2D eigenvalue weighted by atomic mass is 16.5. The zero-order valence-electron chi connectivity index (χ0n) is 15.0. The molecule has 1 N–H and O–H groups in total. The summed E-state index contributed by atoms with van der Waals surface area (Å²) < 4.78 is 5.66. The number of carbonyl (C=O) groups excluding carboxylic acids is 1. The van der Waals surface area contributed by atoms with Crippen LogP contribution in [0.5, 0.6) is 5.75 Å². The van der Waals surface area contributed by atoms with Gasteiger partial charge in [-0.15, -0.1) is 0 Å². The summed E-state index contributed by atoms with van der Waals surface area (Å²) in [7, 11) is 0. The number of nitrogens with zero attached hydrogens (tertiary/aromatic N) is 1. The quantitative estimate of drug-likeness (QED) is 0.880. The maximum atomic E-state index is 12.2. The molecule has 1 unspecified atom stereocenters. The molecule has 1 atom stereocenters. The number of likely N-dealkylation sites (tertiary alicyclic amines) is 1. The van der Waals surface area contributed by atoms with Crippen molar-refractivity contribution in [2.45, 2.75) is 32.9 Å². The van der Waals surface area contributed by atoms with Gasteiger partial charge in [0.1, 0.15) is 5.75 Å². The molecule has 4 heteroatoms. The number of ether oxygens (including phenoxy) is 1. The molecule has 3 rings (SSSR count). The van der Waals surface area contributed by atoms with Gasteiger partial charge >= 0.3 is 0 Å². The molecule has 1 fully saturated rings. The predicted octanol–water partition coefficient (Wildman–Crippen LogP) is 3.07. The summed E-state index contributed by atoms with van der Waals surface area (Å²) in [6, 6.07) is 16.6. The first-order valence-electron chi connectivity index (χ1n) is 8.86. The van der Waals surface area contributed by atoms with E-state index in [-0.39, 0.29) is 18.6 Å². The molecule has 132 valence electrons. The van der Waals surface area contributed by atoms with Crippen LogP contribution >= 0.6 is 0 Å². The van der Waals surface area contributed by atoms with Gasteiger partial charge in [-0.25, -0.2) is 0 Å². The van der Waals surface area contributed by atoms with E-state index in [4.69, 9.17) is 4.74 Å². The molecule has 0 bridgehead atoms. The zero-order chi connectivity index (χ0) is 17.6. The molecule has 0 saturated carbocycles. The summed E-state index contributed by atoms with van der Waals surface area (Å²) in [6.07, 6.45) is 0.988. The van der Waals surface area contributed by atoms with E-state index in [1.807, 2.05) is 32.0 Å². The fraction of sp³-hybridized carbons (Fsp3) is 0.381. The number of carbonyl (C=O) groups is 1. The number of benzene rings is 2. The van der Waals surface area contributed by atoms with Crippen LogP contribution in [0.2, 0.25) is 0 Å². The number of nitrogens with one attached hydrogen (secondary N) is 1. The maximum Gasteiger partial charge on any atom is 0.258 e. The Bertz CT molecular complexity index is 715. The average Bonchev–Trinajstić information content (AvgIpc) is 3.02. The molecule has 1 aliphatic heterocycles. The van der Waals surface area contributed by atoms with Crippen molar-refractivity contribution in [1.82, 2.24) is 10.2 Å². The minimum absolute atomic E-state index is 0.0495. The third kappa shape index (κ3) is 5.07. The monoisotopic (exact) mass is 338 g/mol. The first-order chi connectivity index (χ1) is 12.1. The third-order valence-electron chi connectivity index (χ3n) is 4.58. The highest BCUT2D eigenvalue weighted by Crippen LogP contribution is 2.18. The van der Waals surface area contributed by atoms with Gasteiger partial charge in [0.2, 0.25) is 0 Å². The Morgan fingerprint density at radius 2 is 2.00 bits per heavy atom. The second kappa shape index (κ2) is 8.17. The van der Waals surface area contributed by atoms with Crippen molar-refractivity contribution in [1.29, 1.82) is 0 Å². The van der Waals surface area contributed by atoms with Crippen LogP contribution in [0.3, 0.4) is 0 Å². The molecule has 2 aromatic carbocycles. The van der Waals surface area contributed by atoms with E-state index in [1.165, 1.54) is 11.1 Å².